The summed E-state index contributed by atoms with van der Waals surface area (Å²) in [5.41, 5.74) is 6.34. The normalized spacial score (nSPS) is 12.7. The molecule has 24 heavy (non-hydrogen) atoms. The van der Waals surface area contributed by atoms with Gasteiger partial charge in [-0.2, -0.15) is 4.98 Å². The van der Waals surface area contributed by atoms with E-state index in [1.807, 2.05) is 29.8 Å². The van der Waals surface area contributed by atoms with Crippen LogP contribution in [0.4, 0.5) is 5.95 Å². The van der Waals surface area contributed by atoms with Gasteiger partial charge in [0, 0.05) is 15.8 Å². The summed E-state index contributed by atoms with van der Waals surface area (Å²) in [5.74, 6) is 0.862. The van der Waals surface area contributed by atoms with Gasteiger partial charge in [0.15, 0.2) is 0 Å². The molecule has 4 aromatic rings. The van der Waals surface area contributed by atoms with Crippen LogP contribution in [0.5, 0.6) is 0 Å². The number of aromatic nitrogens is 5. The lowest BCUT2D eigenvalue weighted by Gasteiger charge is -2.07. The van der Waals surface area contributed by atoms with Gasteiger partial charge in [-0.3, -0.25) is 4.79 Å². The molecule has 4 rings (SSSR count). The van der Waals surface area contributed by atoms with E-state index in [-0.39, 0.29) is 16.8 Å². The number of aromatic amines is 2. The lowest BCUT2D eigenvalue weighted by atomic mass is 10.2. The van der Waals surface area contributed by atoms with Gasteiger partial charge in [0.25, 0.3) is 5.56 Å². The highest BCUT2D eigenvalue weighted by atomic mass is 32.2. The second-order valence-corrected chi connectivity index (χ2v) is 8.14. The van der Waals surface area contributed by atoms with E-state index in [1.54, 1.807) is 11.3 Å². The molecule has 0 aromatic carbocycles. The number of thioether (sulfide) groups is 1. The first-order valence-corrected chi connectivity index (χ1v) is 9.65. The van der Waals surface area contributed by atoms with E-state index in [2.05, 4.69) is 25.1 Å². The highest BCUT2D eigenvalue weighted by molar-refractivity contribution is 7.99. The van der Waals surface area contributed by atoms with Crippen LogP contribution in [0.25, 0.3) is 20.7 Å². The largest absolute Gasteiger partial charge is 0.368 e. The molecule has 0 unspecified atom stereocenters. The summed E-state index contributed by atoms with van der Waals surface area (Å²) >= 11 is 4.47. The van der Waals surface area contributed by atoms with Crippen molar-refractivity contribution in [1.29, 1.82) is 0 Å². The molecular formula is C14H12N6OS3. The van der Waals surface area contributed by atoms with Gasteiger partial charge in [0.1, 0.15) is 10.7 Å². The first-order chi connectivity index (χ1) is 11.6. The highest BCUT2D eigenvalue weighted by Crippen LogP contribution is 2.35. The van der Waals surface area contributed by atoms with Gasteiger partial charge >= 0.3 is 0 Å². The number of nitrogen functional groups attached to an aromatic ring is 1. The van der Waals surface area contributed by atoms with Crippen molar-refractivity contribution in [2.24, 2.45) is 0 Å². The molecular weight excluding hydrogens is 364 g/mol. The minimum Gasteiger partial charge on any atom is -0.368 e. The highest BCUT2D eigenvalue weighted by Gasteiger charge is 2.18. The predicted molar refractivity (Wildman–Crippen MR) is 98.6 cm³/mol. The Morgan fingerprint density at radius 3 is 2.92 bits per heavy atom. The number of H-pyrrole nitrogens is 2. The lowest BCUT2D eigenvalue weighted by molar-refractivity contribution is 0.906. The van der Waals surface area contributed by atoms with Crippen LogP contribution >= 0.6 is 34.4 Å². The number of hydrogen-bond donors (Lipinski definition) is 3. The van der Waals surface area contributed by atoms with Gasteiger partial charge in [0.05, 0.1) is 10.6 Å². The molecule has 0 aliphatic carbocycles. The number of nitrogens with one attached hydrogen (secondary N) is 2. The molecule has 0 aliphatic heterocycles. The lowest BCUT2D eigenvalue weighted by Crippen LogP contribution is -2.12. The Kier molecular flexibility index (Phi) is 3.87. The van der Waals surface area contributed by atoms with Crippen molar-refractivity contribution in [3.8, 4) is 10.4 Å². The SMILES string of the molecule is C[C@@H](Sc1n[nH]c(N)n1)c1nc2scc(-c3cccs3)c2c(=O)[nH]1. The minimum atomic E-state index is -0.124. The average molecular weight is 376 g/mol. The van der Waals surface area contributed by atoms with E-state index >= 15 is 0 Å². The van der Waals surface area contributed by atoms with Gasteiger partial charge in [-0.25, -0.2) is 10.1 Å². The quantitative estimate of drug-likeness (QED) is 0.471. The van der Waals surface area contributed by atoms with Gasteiger partial charge in [-0.1, -0.05) is 17.8 Å². The van der Waals surface area contributed by atoms with E-state index in [4.69, 9.17) is 5.73 Å². The van der Waals surface area contributed by atoms with Crippen LogP contribution in [-0.4, -0.2) is 25.1 Å². The molecule has 0 bridgehead atoms. The number of nitrogens with two attached hydrogens (primary N) is 1. The Bertz CT molecular complexity index is 1050. The molecule has 0 spiro atoms. The van der Waals surface area contributed by atoms with Gasteiger partial charge in [0.2, 0.25) is 11.1 Å². The molecule has 1 atom stereocenters. The van der Waals surface area contributed by atoms with Crippen LogP contribution in [0.15, 0.2) is 32.8 Å². The van der Waals surface area contributed by atoms with Crippen LogP contribution in [0.2, 0.25) is 0 Å². The summed E-state index contributed by atoms with van der Waals surface area (Å²) < 4.78 is 0. The number of fused-ring (bicyclic) bond motifs is 1. The Morgan fingerprint density at radius 1 is 1.33 bits per heavy atom. The number of hydrogen-bond acceptors (Lipinski definition) is 8. The molecule has 0 saturated carbocycles. The monoisotopic (exact) mass is 376 g/mol. The third kappa shape index (κ3) is 2.72. The zero-order valence-corrected chi connectivity index (χ0v) is 14.9. The van der Waals surface area contributed by atoms with Crippen molar-refractivity contribution in [2.75, 3.05) is 5.73 Å². The second kappa shape index (κ2) is 6.04. The summed E-state index contributed by atoms with van der Waals surface area (Å²) in [6.07, 6.45) is 0. The fraction of sp³-hybridized carbons (Fsp3) is 0.143. The van der Waals surface area contributed by atoms with Crippen molar-refractivity contribution in [3.05, 3.63) is 39.1 Å². The van der Waals surface area contributed by atoms with Crippen LogP contribution in [0, 0.1) is 0 Å². The van der Waals surface area contributed by atoms with Crippen molar-refractivity contribution in [3.63, 3.8) is 0 Å². The third-order valence-corrected chi connectivity index (χ3v) is 6.14. The standard InChI is InChI=1S/C14H12N6OS3/c1-6(24-14-18-13(15)19-20-14)10-16-11(21)9-7(5-23-12(9)17-10)8-3-2-4-22-8/h2-6H,1H3,(H,16,17,21)(H3,15,18,19,20)/t6-/m1/s1. The van der Waals surface area contributed by atoms with E-state index in [1.165, 1.54) is 23.1 Å². The smallest absolute Gasteiger partial charge is 0.260 e. The van der Waals surface area contributed by atoms with Crippen LogP contribution < -0.4 is 11.3 Å². The van der Waals surface area contributed by atoms with Gasteiger partial charge in [-0.05, 0) is 18.4 Å². The maximum Gasteiger partial charge on any atom is 0.260 e. The van der Waals surface area contributed by atoms with Crippen LogP contribution in [0.1, 0.15) is 18.0 Å². The van der Waals surface area contributed by atoms with E-state index < -0.39 is 0 Å². The van der Waals surface area contributed by atoms with Gasteiger partial charge < -0.3 is 10.7 Å². The first kappa shape index (κ1) is 15.4. The van der Waals surface area contributed by atoms with Crippen LogP contribution in [0.3, 0.4) is 0 Å². The van der Waals surface area contributed by atoms with Crippen LogP contribution in [-0.2, 0) is 0 Å². The maximum atomic E-state index is 12.6. The van der Waals surface area contributed by atoms with Crippen molar-refractivity contribution in [2.45, 2.75) is 17.3 Å². The Balaban J connectivity index is 1.72. The molecule has 7 nitrogen and oxygen atoms in total. The Hall–Kier alpha value is -2.17. The molecule has 0 fully saturated rings. The number of thiophene rings is 2. The zero-order valence-electron chi connectivity index (χ0n) is 12.4. The summed E-state index contributed by atoms with van der Waals surface area (Å²) in [6.45, 7) is 1.94. The molecule has 4 N–H and O–H groups in total. The van der Waals surface area contributed by atoms with E-state index in [0.717, 1.165) is 15.3 Å². The summed E-state index contributed by atoms with van der Waals surface area (Å²) in [7, 11) is 0. The van der Waals surface area contributed by atoms with Gasteiger partial charge in [-0.15, -0.1) is 27.8 Å². The maximum absolute atomic E-state index is 12.6. The number of nitrogens with zero attached hydrogens (tertiary/aromatic N) is 3. The number of rotatable bonds is 4. The summed E-state index contributed by atoms with van der Waals surface area (Å²) in [6, 6.07) is 3.98. The molecule has 0 amide bonds. The number of anilines is 1. The van der Waals surface area contributed by atoms with E-state index in [9.17, 15) is 4.79 Å². The minimum absolute atomic E-state index is 0.107. The average Bonchev–Trinajstić information content (AvgIpc) is 3.27. The van der Waals surface area contributed by atoms with E-state index in [0.29, 0.717) is 16.4 Å². The van der Waals surface area contributed by atoms with Crippen molar-refractivity contribution < 1.29 is 0 Å². The topological polar surface area (TPSA) is 113 Å². The molecule has 122 valence electrons. The second-order valence-electron chi connectivity index (χ2n) is 5.02. The predicted octanol–water partition coefficient (Wildman–Crippen LogP) is 3.27. The molecule has 0 aliphatic rings. The van der Waals surface area contributed by atoms with Crippen molar-refractivity contribution >= 4 is 50.6 Å². The molecule has 0 saturated heterocycles. The first-order valence-electron chi connectivity index (χ1n) is 7.01. The molecule has 4 aromatic heterocycles. The molecule has 0 radical (unpaired) electrons. The fourth-order valence-electron chi connectivity index (χ4n) is 2.30. The summed E-state index contributed by atoms with van der Waals surface area (Å²) in [4.78, 5) is 26.0. The third-order valence-electron chi connectivity index (χ3n) is 3.40. The molecule has 10 heteroatoms. The fourth-order valence-corrected chi connectivity index (χ4v) is 4.85. The van der Waals surface area contributed by atoms with Crippen molar-refractivity contribution in [1.82, 2.24) is 25.1 Å². The Labute approximate surface area is 148 Å². The molecule has 4 heterocycles. The summed E-state index contributed by atoms with van der Waals surface area (Å²) in [5, 5.41) is 11.6. The Morgan fingerprint density at radius 2 is 2.21 bits per heavy atom. The zero-order chi connectivity index (χ0) is 16.7.